The number of hydrogen-bond donors (Lipinski definition) is 1. The molecule has 0 fully saturated rings. The van der Waals surface area contributed by atoms with Gasteiger partial charge in [-0.05, 0) is 73.0 Å². The highest BCUT2D eigenvalue weighted by Crippen LogP contribution is 2.28. The average Bonchev–Trinajstić information content (AvgIpc) is 2.79. The first-order chi connectivity index (χ1) is 15.4. The molecule has 0 saturated heterocycles. The number of anilines is 1. The molecule has 0 aliphatic rings. The van der Waals surface area contributed by atoms with Crippen molar-refractivity contribution in [1.82, 2.24) is 0 Å². The van der Waals surface area contributed by atoms with Crippen LogP contribution in [0.2, 0.25) is 0 Å². The molecule has 1 N–H and O–H groups in total. The summed E-state index contributed by atoms with van der Waals surface area (Å²) in [5, 5.41) is 12.3. The van der Waals surface area contributed by atoms with Gasteiger partial charge in [0.1, 0.15) is 35.6 Å². The molecule has 0 aromatic heterocycles. The van der Waals surface area contributed by atoms with Crippen LogP contribution in [0.25, 0.3) is 6.08 Å². The number of nitrogens with one attached hydrogen (secondary N) is 1. The molecule has 6 heteroatoms. The minimum Gasteiger partial charge on any atom is -0.497 e. The van der Waals surface area contributed by atoms with Crippen molar-refractivity contribution in [1.29, 1.82) is 5.26 Å². The zero-order valence-corrected chi connectivity index (χ0v) is 18.1. The number of ether oxygens (including phenoxy) is 2. The van der Waals surface area contributed by atoms with Gasteiger partial charge in [0.05, 0.1) is 7.11 Å². The maximum Gasteiger partial charge on any atom is 0.266 e. The molecule has 0 atom stereocenters. The zero-order valence-electron chi connectivity index (χ0n) is 18.1. The minimum absolute atomic E-state index is 0.0694. The molecular weight excluding hydrogens is 407 g/mol. The quantitative estimate of drug-likeness (QED) is 0.393. The summed E-state index contributed by atoms with van der Waals surface area (Å²) in [4.78, 5) is 12.7. The van der Waals surface area contributed by atoms with Crippen LogP contribution in [0.15, 0.2) is 66.2 Å². The van der Waals surface area contributed by atoms with E-state index in [-0.39, 0.29) is 18.0 Å². The third-order valence-corrected chi connectivity index (χ3v) is 4.96. The third kappa shape index (κ3) is 5.73. The summed E-state index contributed by atoms with van der Waals surface area (Å²) in [7, 11) is 1.53. The second kappa shape index (κ2) is 10.3. The number of nitrogens with zero attached hydrogens (tertiary/aromatic N) is 1. The summed E-state index contributed by atoms with van der Waals surface area (Å²) < 4.78 is 24.3. The lowest BCUT2D eigenvalue weighted by Crippen LogP contribution is -2.13. The number of hydrogen-bond acceptors (Lipinski definition) is 4. The Bertz CT molecular complexity index is 1190. The Hall–Kier alpha value is -4.11. The lowest BCUT2D eigenvalue weighted by molar-refractivity contribution is -0.112. The minimum atomic E-state index is -0.518. The Morgan fingerprint density at radius 1 is 1.06 bits per heavy atom. The summed E-state index contributed by atoms with van der Waals surface area (Å²) in [5.41, 5.74) is 4.01. The predicted molar refractivity (Wildman–Crippen MR) is 122 cm³/mol. The molecule has 162 valence electrons. The van der Waals surface area contributed by atoms with Gasteiger partial charge in [0, 0.05) is 17.3 Å². The van der Waals surface area contributed by atoms with E-state index in [1.54, 1.807) is 36.4 Å². The van der Waals surface area contributed by atoms with Crippen molar-refractivity contribution in [2.24, 2.45) is 0 Å². The molecule has 0 unspecified atom stereocenters. The SMILES string of the molecule is COc1ccc(/C=C(\C#N)C(=O)Nc2ccc(C)c(C)c2)c(OCc2ccc(F)cc2)c1. The molecule has 3 rings (SSSR count). The summed E-state index contributed by atoms with van der Waals surface area (Å²) in [5.74, 6) is 0.151. The molecular formula is C26H23FN2O3. The fraction of sp³-hybridized carbons (Fsp3) is 0.154. The smallest absolute Gasteiger partial charge is 0.266 e. The van der Waals surface area contributed by atoms with Crippen LogP contribution in [-0.4, -0.2) is 13.0 Å². The standard InChI is InChI=1S/C26H23FN2O3/c1-17-4-10-23(12-18(17)2)29-26(30)21(15-28)13-20-7-11-24(31-3)14-25(20)32-16-19-5-8-22(27)9-6-19/h4-14H,16H2,1-3H3,(H,29,30)/b21-13+. The Morgan fingerprint density at radius 2 is 1.81 bits per heavy atom. The van der Waals surface area contributed by atoms with Gasteiger partial charge >= 0.3 is 0 Å². The highest BCUT2D eigenvalue weighted by Gasteiger charge is 2.13. The van der Waals surface area contributed by atoms with Gasteiger partial charge in [0.15, 0.2) is 0 Å². The van der Waals surface area contributed by atoms with Crippen LogP contribution >= 0.6 is 0 Å². The number of aryl methyl sites for hydroxylation is 2. The van der Waals surface area contributed by atoms with Crippen LogP contribution < -0.4 is 14.8 Å². The molecule has 32 heavy (non-hydrogen) atoms. The topological polar surface area (TPSA) is 71.3 Å². The van der Waals surface area contributed by atoms with Gasteiger partial charge in [-0.15, -0.1) is 0 Å². The van der Waals surface area contributed by atoms with Crippen molar-refractivity contribution in [3.63, 3.8) is 0 Å². The van der Waals surface area contributed by atoms with Crippen molar-refractivity contribution in [3.8, 4) is 17.6 Å². The number of halogens is 1. The van der Waals surface area contributed by atoms with Crippen LogP contribution in [0.3, 0.4) is 0 Å². The maximum absolute atomic E-state index is 13.1. The molecule has 0 spiro atoms. The normalized spacial score (nSPS) is 10.9. The highest BCUT2D eigenvalue weighted by molar-refractivity contribution is 6.09. The second-order valence-electron chi connectivity index (χ2n) is 7.24. The van der Waals surface area contributed by atoms with Crippen LogP contribution in [0.4, 0.5) is 10.1 Å². The molecule has 0 bridgehead atoms. The molecule has 0 saturated carbocycles. The van der Waals surface area contributed by atoms with Crippen molar-refractivity contribution in [2.45, 2.75) is 20.5 Å². The average molecular weight is 430 g/mol. The Balaban J connectivity index is 1.85. The van der Waals surface area contributed by atoms with Crippen LogP contribution in [0, 0.1) is 31.0 Å². The lowest BCUT2D eigenvalue weighted by atomic mass is 10.1. The highest BCUT2D eigenvalue weighted by atomic mass is 19.1. The number of methoxy groups -OCH3 is 1. The maximum atomic E-state index is 13.1. The van der Waals surface area contributed by atoms with Gasteiger partial charge in [0.25, 0.3) is 5.91 Å². The van der Waals surface area contributed by atoms with Crippen molar-refractivity contribution in [3.05, 3.63) is 94.3 Å². The Kier molecular flexibility index (Phi) is 7.25. The number of nitriles is 1. The number of amides is 1. The first-order valence-electron chi connectivity index (χ1n) is 9.95. The van der Waals surface area contributed by atoms with Gasteiger partial charge in [-0.1, -0.05) is 18.2 Å². The molecule has 0 radical (unpaired) electrons. The van der Waals surface area contributed by atoms with Gasteiger partial charge in [-0.3, -0.25) is 4.79 Å². The van der Waals surface area contributed by atoms with E-state index in [1.165, 1.54) is 25.3 Å². The lowest BCUT2D eigenvalue weighted by Gasteiger charge is -2.12. The zero-order chi connectivity index (χ0) is 23.1. The van der Waals surface area contributed by atoms with Crippen molar-refractivity contribution >= 4 is 17.7 Å². The summed E-state index contributed by atoms with van der Waals surface area (Å²) in [6.07, 6.45) is 1.47. The van der Waals surface area contributed by atoms with E-state index >= 15 is 0 Å². The summed E-state index contributed by atoms with van der Waals surface area (Å²) in [6, 6.07) is 18.6. The van der Waals surface area contributed by atoms with E-state index in [0.717, 1.165) is 16.7 Å². The number of carbonyl (C=O) groups excluding carboxylic acids is 1. The van der Waals surface area contributed by atoms with E-state index in [1.807, 2.05) is 32.0 Å². The molecule has 0 aliphatic carbocycles. The molecule has 3 aromatic rings. The molecule has 0 heterocycles. The molecule has 1 amide bonds. The Labute approximate surface area is 186 Å². The van der Waals surface area contributed by atoms with E-state index in [0.29, 0.717) is 22.7 Å². The van der Waals surface area contributed by atoms with Crippen LogP contribution in [-0.2, 0) is 11.4 Å². The van der Waals surface area contributed by atoms with Crippen LogP contribution in [0.5, 0.6) is 11.5 Å². The van der Waals surface area contributed by atoms with Crippen LogP contribution in [0.1, 0.15) is 22.3 Å². The van der Waals surface area contributed by atoms with E-state index in [2.05, 4.69) is 5.32 Å². The predicted octanol–water partition coefficient (Wildman–Crippen LogP) is 5.58. The number of benzene rings is 3. The Morgan fingerprint density at radius 3 is 2.47 bits per heavy atom. The van der Waals surface area contributed by atoms with Crippen molar-refractivity contribution in [2.75, 3.05) is 12.4 Å². The van der Waals surface area contributed by atoms with E-state index < -0.39 is 5.91 Å². The van der Waals surface area contributed by atoms with Gasteiger partial charge in [0.2, 0.25) is 0 Å². The molecule has 3 aromatic carbocycles. The second-order valence-corrected chi connectivity index (χ2v) is 7.24. The molecule has 5 nitrogen and oxygen atoms in total. The summed E-state index contributed by atoms with van der Waals surface area (Å²) in [6.45, 7) is 4.12. The van der Waals surface area contributed by atoms with E-state index in [9.17, 15) is 14.4 Å². The van der Waals surface area contributed by atoms with Gasteiger partial charge in [-0.2, -0.15) is 5.26 Å². The monoisotopic (exact) mass is 430 g/mol. The third-order valence-electron chi connectivity index (χ3n) is 4.96. The largest absolute Gasteiger partial charge is 0.497 e. The molecule has 0 aliphatic heterocycles. The van der Waals surface area contributed by atoms with Gasteiger partial charge < -0.3 is 14.8 Å². The first kappa shape index (κ1) is 22.6. The fourth-order valence-electron chi connectivity index (χ4n) is 2.95. The van der Waals surface area contributed by atoms with Crippen molar-refractivity contribution < 1.29 is 18.7 Å². The summed E-state index contributed by atoms with van der Waals surface area (Å²) >= 11 is 0. The van der Waals surface area contributed by atoms with Gasteiger partial charge in [-0.25, -0.2) is 4.39 Å². The van der Waals surface area contributed by atoms with E-state index in [4.69, 9.17) is 9.47 Å². The number of rotatable bonds is 7. The number of carbonyl (C=O) groups is 1. The first-order valence-corrected chi connectivity index (χ1v) is 9.95. The fourth-order valence-corrected chi connectivity index (χ4v) is 2.95.